The van der Waals surface area contributed by atoms with E-state index < -0.39 is 25.2 Å². The van der Waals surface area contributed by atoms with Gasteiger partial charge in [-0.2, -0.15) is 18.2 Å². The Morgan fingerprint density at radius 3 is 2.39 bits per heavy atom. The van der Waals surface area contributed by atoms with Crippen LogP contribution in [0.25, 0.3) is 0 Å². The zero-order valence-corrected chi connectivity index (χ0v) is 27.1. The molecule has 1 aromatic heterocycles. The lowest BCUT2D eigenvalue weighted by Gasteiger charge is -2.24. The van der Waals surface area contributed by atoms with Crippen molar-refractivity contribution >= 4 is 36.6 Å². The molecule has 2 aliphatic rings. The predicted molar refractivity (Wildman–Crippen MR) is 169 cm³/mol. The minimum absolute atomic E-state index is 0.00633. The number of halogens is 3. The minimum Gasteiger partial charge on any atom is -0.495 e. The Labute approximate surface area is 266 Å². The number of hydrogen-bond acceptors (Lipinski definition) is 9. The molecule has 1 saturated carbocycles. The Morgan fingerprint density at radius 1 is 1.04 bits per heavy atom. The van der Waals surface area contributed by atoms with Crippen molar-refractivity contribution in [3.8, 4) is 5.75 Å². The molecule has 0 bridgehead atoms. The zero-order valence-electron chi connectivity index (χ0n) is 26.2. The van der Waals surface area contributed by atoms with Crippen LogP contribution >= 0.6 is 7.60 Å². The number of nitrogens with zero attached hydrogens (tertiary/aromatic N) is 3. The Morgan fingerprint density at radius 2 is 1.74 bits per heavy atom. The highest BCUT2D eigenvalue weighted by molar-refractivity contribution is 7.53. The fourth-order valence-electron chi connectivity index (χ4n) is 5.98. The van der Waals surface area contributed by atoms with Gasteiger partial charge in [0.1, 0.15) is 17.1 Å². The lowest BCUT2D eigenvalue weighted by molar-refractivity contribution is -0.137. The molecular formula is C32H38F3N5O5P. The summed E-state index contributed by atoms with van der Waals surface area (Å²) in [4.78, 5) is 22.9. The number of methoxy groups -OCH3 is 1. The number of fused-ring (bicyclic) bond motifs is 1. The molecule has 46 heavy (non-hydrogen) atoms. The van der Waals surface area contributed by atoms with Gasteiger partial charge < -0.3 is 29.3 Å². The van der Waals surface area contributed by atoms with Crippen LogP contribution in [-0.2, 0) is 32.5 Å². The molecule has 1 aliphatic carbocycles. The first kappa shape index (κ1) is 33.7. The van der Waals surface area contributed by atoms with Crippen LogP contribution in [0.2, 0.25) is 0 Å². The average Bonchev–Trinajstić information content (AvgIpc) is 3.32. The van der Waals surface area contributed by atoms with Crippen LogP contribution in [0.15, 0.2) is 36.5 Å². The first-order chi connectivity index (χ1) is 22.0. The Hall–Kier alpha value is -3.67. The molecule has 2 aromatic carbocycles. The van der Waals surface area contributed by atoms with E-state index in [0.717, 1.165) is 36.8 Å². The van der Waals surface area contributed by atoms with Crippen molar-refractivity contribution in [3.63, 3.8) is 0 Å². The van der Waals surface area contributed by atoms with Gasteiger partial charge in [0.15, 0.2) is 0 Å². The van der Waals surface area contributed by atoms with Crippen LogP contribution in [0.1, 0.15) is 78.1 Å². The smallest absolute Gasteiger partial charge is 0.421 e. The van der Waals surface area contributed by atoms with Crippen LogP contribution in [0.4, 0.5) is 36.3 Å². The number of carbonyl (C=O) groups is 1. The van der Waals surface area contributed by atoms with Crippen molar-refractivity contribution in [2.45, 2.75) is 64.3 Å². The Kier molecular flexibility index (Phi) is 10.2. The van der Waals surface area contributed by atoms with E-state index in [1.165, 1.54) is 7.11 Å². The number of rotatable bonds is 12. The van der Waals surface area contributed by atoms with Gasteiger partial charge in [0, 0.05) is 19.8 Å². The molecule has 1 amide bonds. The van der Waals surface area contributed by atoms with Gasteiger partial charge in [-0.25, -0.2) is 4.98 Å². The van der Waals surface area contributed by atoms with E-state index in [0.29, 0.717) is 41.2 Å². The summed E-state index contributed by atoms with van der Waals surface area (Å²) < 4.78 is 71.8. The molecule has 5 rings (SSSR count). The molecule has 10 nitrogen and oxygen atoms in total. The number of hydrogen-bond donors (Lipinski definition) is 2. The van der Waals surface area contributed by atoms with Gasteiger partial charge in [0.05, 0.1) is 43.4 Å². The number of ether oxygens (including phenoxy) is 1. The third-order valence-corrected chi connectivity index (χ3v) is 10.1. The number of nitrogens with one attached hydrogen (secondary N) is 2. The number of aromatic nitrogens is 2. The molecule has 0 unspecified atom stereocenters. The second-order valence-corrected chi connectivity index (χ2v) is 13.3. The Bertz CT molecular complexity index is 1620. The normalized spacial score (nSPS) is 15.6. The number of carbonyl (C=O) groups excluding carboxylic acids is 1. The summed E-state index contributed by atoms with van der Waals surface area (Å²) >= 11 is 0. The van der Waals surface area contributed by atoms with Gasteiger partial charge in [0.2, 0.25) is 5.95 Å². The first-order valence-corrected chi connectivity index (χ1v) is 16.9. The second kappa shape index (κ2) is 14.0. The van der Waals surface area contributed by atoms with Gasteiger partial charge in [0.25, 0.3) is 5.91 Å². The summed E-state index contributed by atoms with van der Waals surface area (Å²) in [6, 6.07) is 8.51. The standard InChI is InChI=1S/C32H38F3N5O5P/c1-5-44-46(42,45-6-2)19-20-12-14-25(27(16-20)43-4)38-31-36-17-24(32(33,34)35)29(39-31)37-26-15-13-22(21-10-8-7-9-11-21)23-18-40(3)30(41)28(23)26/h7,12-17,21H,5-6,8-11,18-19H2,1-4H3,(H2,36,37,38,39). The molecule has 0 saturated heterocycles. The molecule has 1 aliphatic heterocycles. The summed E-state index contributed by atoms with van der Waals surface area (Å²) in [6.07, 6.45) is 2.12. The predicted octanol–water partition coefficient (Wildman–Crippen LogP) is 8.20. The van der Waals surface area contributed by atoms with Crippen molar-refractivity contribution in [2.75, 3.05) is 38.0 Å². The fourth-order valence-corrected chi connectivity index (χ4v) is 7.67. The maximum atomic E-state index is 14.2. The van der Waals surface area contributed by atoms with E-state index in [-0.39, 0.29) is 36.9 Å². The SMILES string of the molecule is CCOP(=O)(Cc1ccc(Nc2ncc(C(F)(F)F)c(Nc3ccc(C4CC[CH]CC4)c4c3C(=O)N(C)C4)n2)c(OC)c1)OCC. The fraction of sp³-hybridized carbons (Fsp3) is 0.438. The quantitative estimate of drug-likeness (QED) is 0.186. The Balaban J connectivity index is 1.46. The van der Waals surface area contributed by atoms with Crippen molar-refractivity contribution in [2.24, 2.45) is 0 Å². The van der Waals surface area contributed by atoms with Crippen LogP contribution in [0.5, 0.6) is 5.75 Å². The maximum Gasteiger partial charge on any atom is 0.421 e. The topological polar surface area (TPSA) is 115 Å². The van der Waals surface area contributed by atoms with E-state index in [1.807, 2.05) is 6.07 Å². The lowest BCUT2D eigenvalue weighted by Crippen LogP contribution is -2.18. The second-order valence-electron chi connectivity index (χ2n) is 11.2. The summed E-state index contributed by atoms with van der Waals surface area (Å²) in [5.41, 5.74) is 2.43. The summed E-state index contributed by atoms with van der Waals surface area (Å²) in [6.45, 7) is 4.27. The van der Waals surface area contributed by atoms with E-state index >= 15 is 0 Å². The van der Waals surface area contributed by atoms with Crippen molar-refractivity contribution < 1.29 is 36.3 Å². The van der Waals surface area contributed by atoms with E-state index in [9.17, 15) is 22.5 Å². The van der Waals surface area contributed by atoms with Crippen molar-refractivity contribution in [1.29, 1.82) is 0 Å². The molecular weight excluding hydrogens is 622 g/mol. The van der Waals surface area contributed by atoms with Gasteiger partial charge in [-0.3, -0.25) is 9.36 Å². The number of amides is 1. The van der Waals surface area contributed by atoms with Crippen molar-refractivity contribution in [1.82, 2.24) is 14.9 Å². The first-order valence-electron chi connectivity index (χ1n) is 15.2. The highest BCUT2D eigenvalue weighted by atomic mass is 31.2. The van der Waals surface area contributed by atoms with Crippen LogP contribution in [-0.4, -0.2) is 48.1 Å². The number of alkyl halides is 3. The molecule has 0 spiro atoms. The highest BCUT2D eigenvalue weighted by Gasteiger charge is 2.37. The van der Waals surface area contributed by atoms with E-state index in [4.69, 9.17) is 13.8 Å². The molecule has 2 heterocycles. The third kappa shape index (κ3) is 7.32. The van der Waals surface area contributed by atoms with Gasteiger partial charge in [-0.1, -0.05) is 12.1 Å². The van der Waals surface area contributed by atoms with E-state index in [1.54, 1.807) is 50.1 Å². The van der Waals surface area contributed by atoms with Crippen LogP contribution < -0.4 is 15.4 Å². The third-order valence-electron chi connectivity index (χ3n) is 8.07. The maximum absolute atomic E-state index is 14.2. The molecule has 1 radical (unpaired) electrons. The minimum atomic E-state index is -4.77. The van der Waals surface area contributed by atoms with Gasteiger partial charge >= 0.3 is 13.8 Å². The number of benzene rings is 2. The van der Waals surface area contributed by atoms with Gasteiger partial charge in [-0.15, -0.1) is 0 Å². The van der Waals surface area contributed by atoms with E-state index in [2.05, 4.69) is 27.0 Å². The number of anilines is 4. The van der Waals surface area contributed by atoms with Crippen LogP contribution in [0.3, 0.4) is 0 Å². The average molecular weight is 661 g/mol. The summed E-state index contributed by atoms with van der Waals surface area (Å²) in [7, 11) is -0.270. The van der Waals surface area contributed by atoms with Crippen LogP contribution in [0, 0.1) is 6.42 Å². The molecule has 0 atom stereocenters. The monoisotopic (exact) mass is 660 g/mol. The van der Waals surface area contributed by atoms with Gasteiger partial charge in [-0.05, 0) is 86.8 Å². The summed E-state index contributed by atoms with van der Waals surface area (Å²) in [5.74, 6) is -0.284. The lowest BCUT2D eigenvalue weighted by atomic mass is 9.81. The molecule has 247 valence electrons. The molecule has 14 heteroatoms. The summed E-state index contributed by atoms with van der Waals surface area (Å²) in [5, 5.41) is 5.74. The molecule has 3 aromatic rings. The zero-order chi connectivity index (χ0) is 33.1. The molecule has 1 fully saturated rings. The highest BCUT2D eigenvalue weighted by Crippen LogP contribution is 2.52. The molecule has 2 N–H and O–H groups in total. The largest absolute Gasteiger partial charge is 0.495 e. The van der Waals surface area contributed by atoms with Crippen molar-refractivity contribution in [3.05, 3.63) is 70.8 Å².